The topological polar surface area (TPSA) is 57.2 Å². The van der Waals surface area contributed by atoms with Crippen LogP contribution in [0.5, 0.6) is 5.75 Å². The van der Waals surface area contributed by atoms with Gasteiger partial charge in [-0.1, -0.05) is 42.5 Å². The molecule has 0 heterocycles. The number of guanidine groups is 1. The van der Waals surface area contributed by atoms with E-state index in [1.54, 1.807) is 14.1 Å². The monoisotopic (exact) mass is 496 g/mol. The van der Waals surface area contributed by atoms with Gasteiger partial charge in [-0.3, -0.25) is 4.79 Å². The minimum Gasteiger partial charge on any atom is -0.484 e. The third-order valence-corrected chi connectivity index (χ3v) is 3.89. The third-order valence-electron chi connectivity index (χ3n) is 3.89. The predicted molar refractivity (Wildman–Crippen MR) is 124 cm³/mol. The summed E-state index contributed by atoms with van der Waals surface area (Å²) in [5, 5.41) is 3.37. The first kappa shape index (κ1) is 23.7. The molecule has 2 aromatic carbocycles. The van der Waals surface area contributed by atoms with Crippen LogP contribution in [0.25, 0.3) is 0 Å². The summed E-state index contributed by atoms with van der Waals surface area (Å²) in [6.07, 6.45) is 0. The highest BCUT2D eigenvalue weighted by atomic mass is 127. The van der Waals surface area contributed by atoms with Crippen LogP contribution in [0, 0.1) is 0 Å². The molecule has 0 aromatic heterocycles. The number of carbonyl (C=O) groups excluding carboxylic acids is 1. The van der Waals surface area contributed by atoms with Crippen LogP contribution in [-0.2, 0) is 17.9 Å². The molecule has 0 spiro atoms. The van der Waals surface area contributed by atoms with Crippen LogP contribution in [0.2, 0.25) is 0 Å². The largest absolute Gasteiger partial charge is 0.484 e. The summed E-state index contributed by atoms with van der Waals surface area (Å²) in [4.78, 5) is 19.8. The van der Waals surface area contributed by atoms with Crippen molar-refractivity contribution in [3.05, 3.63) is 65.7 Å². The van der Waals surface area contributed by atoms with E-state index in [9.17, 15) is 4.79 Å². The summed E-state index contributed by atoms with van der Waals surface area (Å²) in [5.74, 6) is 1.41. The lowest BCUT2D eigenvalue weighted by Crippen LogP contribution is -2.36. The van der Waals surface area contributed by atoms with Crippen molar-refractivity contribution in [2.24, 2.45) is 4.99 Å². The number of likely N-dealkylation sites (N-methyl/N-ethyl adjacent to an activating group) is 1. The third kappa shape index (κ3) is 8.16. The maximum atomic E-state index is 11.6. The van der Waals surface area contributed by atoms with Crippen LogP contribution in [0.1, 0.15) is 11.1 Å². The zero-order valence-corrected chi connectivity index (χ0v) is 19.2. The van der Waals surface area contributed by atoms with Gasteiger partial charge in [0.05, 0.1) is 6.54 Å². The number of amides is 1. The fourth-order valence-corrected chi connectivity index (χ4v) is 2.31. The van der Waals surface area contributed by atoms with E-state index in [0.717, 1.165) is 11.5 Å². The number of ether oxygens (including phenoxy) is 1. The van der Waals surface area contributed by atoms with Gasteiger partial charge in [0.2, 0.25) is 0 Å². The van der Waals surface area contributed by atoms with Crippen molar-refractivity contribution in [2.45, 2.75) is 13.1 Å². The molecule has 2 aromatic rings. The SMILES string of the molecule is CN(C)C(=O)COc1cccc(CN=C(NCc2ccccc2)N(C)C)c1.I. The molecule has 0 aliphatic rings. The van der Waals surface area contributed by atoms with E-state index < -0.39 is 0 Å². The molecule has 1 amide bonds. The smallest absolute Gasteiger partial charge is 0.259 e. The van der Waals surface area contributed by atoms with E-state index >= 15 is 0 Å². The van der Waals surface area contributed by atoms with Gasteiger partial charge < -0.3 is 19.9 Å². The maximum absolute atomic E-state index is 11.6. The number of benzene rings is 2. The van der Waals surface area contributed by atoms with E-state index in [4.69, 9.17) is 4.74 Å². The first-order chi connectivity index (χ1) is 13.0. The average molecular weight is 496 g/mol. The van der Waals surface area contributed by atoms with E-state index in [1.165, 1.54) is 10.5 Å². The number of nitrogens with zero attached hydrogens (tertiary/aromatic N) is 3. The highest BCUT2D eigenvalue weighted by Crippen LogP contribution is 2.14. The molecule has 152 valence electrons. The molecule has 1 N–H and O–H groups in total. The lowest BCUT2D eigenvalue weighted by atomic mass is 10.2. The molecular formula is C21H29IN4O2. The Hall–Kier alpha value is -2.29. The van der Waals surface area contributed by atoms with E-state index in [2.05, 4.69) is 22.4 Å². The van der Waals surface area contributed by atoms with Crippen LogP contribution in [0.3, 0.4) is 0 Å². The van der Waals surface area contributed by atoms with Crippen molar-refractivity contribution in [1.29, 1.82) is 0 Å². The minimum atomic E-state index is -0.0709. The standard InChI is InChI=1S/C21H28N4O2.HI/c1-24(2)20(26)16-27-19-12-8-11-18(13-19)15-23-21(25(3)4)22-14-17-9-6-5-7-10-17;/h5-13H,14-16H2,1-4H3,(H,22,23);1H. The number of rotatable bonds is 7. The zero-order chi connectivity index (χ0) is 19.6. The molecule has 0 aliphatic heterocycles. The van der Waals surface area contributed by atoms with Gasteiger partial charge in [0.15, 0.2) is 12.6 Å². The zero-order valence-electron chi connectivity index (χ0n) is 16.9. The number of hydrogen-bond acceptors (Lipinski definition) is 3. The van der Waals surface area contributed by atoms with E-state index in [0.29, 0.717) is 18.8 Å². The molecule has 28 heavy (non-hydrogen) atoms. The highest BCUT2D eigenvalue weighted by molar-refractivity contribution is 14.0. The summed E-state index contributed by atoms with van der Waals surface area (Å²) in [5.41, 5.74) is 2.22. The normalized spacial score (nSPS) is 10.6. The van der Waals surface area contributed by atoms with Gasteiger partial charge in [-0.2, -0.15) is 0 Å². The first-order valence-corrected chi connectivity index (χ1v) is 8.87. The molecule has 0 saturated carbocycles. The average Bonchev–Trinajstić information content (AvgIpc) is 2.66. The van der Waals surface area contributed by atoms with Crippen LogP contribution >= 0.6 is 24.0 Å². The molecule has 0 aliphatic carbocycles. The summed E-state index contributed by atoms with van der Waals surface area (Å²) in [6.45, 7) is 1.27. The van der Waals surface area contributed by atoms with Crippen molar-refractivity contribution in [2.75, 3.05) is 34.8 Å². The lowest BCUT2D eigenvalue weighted by Gasteiger charge is -2.18. The molecule has 6 nitrogen and oxygen atoms in total. The first-order valence-electron chi connectivity index (χ1n) is 8.87. The number of hydrogen-bond donors (Lipinski definition) is 1. The van der Waals surface area contributed by atoms with Gasteiger partial charge >= 0.3 is 0 Å². The molecule has 0 unspecified atom stereocenters. The lowest BCUT2D eigenvalue weighted by molar-refractivity contribution is -0.130. The fraction of sp³-hybridized carbons (Fsp3) is 0.333. The molecule has 0 radical (unpaired) electrons. The summed E-state index contributed by atoms with van der Waals surface area (Å²) in [7, 11) is 7.34. The van der Waals surface area contributed by atoms with Crippen molar-refractivity contribution in [3.63, 3.8) is 0 Å². The van der Waals surface area contributed by atoms with Gasteiger partial charge in [0.1, 0.15) is 5.75 Å². The summed E-state index contributed by atoms with van der Waals surface area (Å²) in [6, 6.07) is 17.9. The van der Waals surface area contributed by atoms with Crippen LogP contribution in [-0.4, -0.2) is 56.5 Å². The molecular weight excluding hydrogens is 467 g/mol. The Morgan fingerprint density at radius 1 is 0.964 bits per heavy atom. The Morgan fingerprint density at radius 2 is 1.64 bits per heavy atom. The molecule has 0 saturated heterocycles. The van der Waals surface area contributed by atoms with Crippen molar-refractivity contribution >= 4 is 35.8 Å². The Balaban J connectivity index is 0.00000392. The van der Waals surface area contributed by atoms with Gasteiger partial charge in [-0.15, -0.1) is 24.0 Å². The second kappa shape index (κ2) is 12.2. The van der Waals surface area contributed by atoms with Gasteiger partial charge in [-0.25, -0.2) is 4.99 Å². The summed E-state index contributed by atoms with van der Waals surface area (Å²) < 4.78 is 5.56. The summed E-state index contributed by atoms with van der Waals surface area (Å²) >= 11 is 0. The van der Waals surface area contributed by atoms with Crippen molar-refractivity contribution in [1.82, 2.24) is 15.1 Å². The van der Waals surface area contributed by atoms with Crippen molar-refractivity contribution < 1.29 is 9.53 Å². The molecule has 0 atom stereocenters. The second-order valence-electron chi connectivity index (χ2n) is 6.60. The fourth-order valence-electron chi connectivity index (χ4n) is 2.31. The predicted octanol–water partition coefficient (Wildman–Crippen LogP) is 2.98. The molecule has 2 rings (SSSR count). The second-order valence-corrected chi connectivity index (χ2v) is 6.60. The van der Waals surface area contributed by atoms with E-state index in [-0.39, 0.29) is 36.5 Å². The quantitative estimate of drug-likeness (QED) is 0.364. The van der Waals surface area contributed by atoms with Crippen LogP contribution in [0.15, 0.2) is 59.6 Å². The van der Waals surface area contributed by atoms with Crippen LogP contribution < -0.4 is 10.1 Å². The highest BCUT2D eigenvalue weighted by Gasteiger charge is 2.06. The Labute approximate surface area is 184 Å². The number of carbonyl (C=O) groups is 1. The minimum absolute atomic E-state index is 0. The van der Waals surface area contributed by atoms with Gasteiger partial charge in [0, 0.05) is 34.7 Å². The Kier molecular flexibility index (Phi) is 10.4. The van der Waals surface area contributed by atoms with Crippen LogP contribution in [0.4, 0.5) is 0 Å². The van der Waals surface area contributed by atoms with Crippen molar-refractivity contribution in [3.8, 4) is 5.75 Å². The molecule has 0 bridgehead atoms. The Bertz CT molecular complexity index is 764. The van der Waals surface area contributed by atoms with Gasteiger partial charge in [-0.05, 0) is 23.3 Å². The van der Waals surface area contributed by atoms with E-state index in [1.807, 2.05) is 61.5 Å². The van der Waals surface area contributed by atoms with Gasteiger partial charge in [0.25, 0.3) is 5.91 Å². The number of nitrogens with one attached hydrogen (secondary N) is 1. The number of aliphatic imine (C=N–C) groups is 1. The number of halogens is 1. The molecule has 0 fully saturated rings. The Morgan fingerprint density at radius 3 is 2.29 bits per heavy atom. The molecule has 7 heteroatoms. The maximum Gasteiger partial charge on any atom is 0.259 e.